The minimum absolute atomic E-state index is 0.0415. The van der Waals surface area contributed by atoms with E-state index < -0.39 is 5.92 Å². The molecule has 2 aliphatic rings. The molecule has 5 heteroatoms. The number of carbonyl (C=O) groups is 2. The Bertz CT molecular complexity index is 855. The zero-order valence-corrected chi connectivity index (χ0v) is 25.4. The molecule has 2 bridgehead atoms. The smallest absolute Gasteiger partial charge is 0.317 e. The minimum Gasteiger partial charge on any atom is -0.464 e. The van der Waals surface area contributed by atoms with Gasteiger partial charge in [-0.15, -0.1) is 0 Å². The fourth-order valence-electron chi connectivity index (χ4n) is 6.28. The molecular weight excluding hydrogens is 498 g/mol. The van der Waals surface area contributed by atoms with E-state index in [-0.39, 0.29) is 24.6 Å². The summed E-state index contributed by atoms with van der Waals surface area (Å²) in [7, 11) is 2.18. The van der Waals surface area contributed by atoms with Crippen LogP contribution in [0.3, 0.4) is 0 Å². The Kier molecular flexibility index (Phi) is 15.4. The molecule has 2 fully saturated rings. The van der Waals surface area contributed by atoms with Crippen molar-refractivity contribution in [3.63, 3.8) is 0 Å². The molecule has 0 spiro atoms. The van der Waals surface area contributed by atoms with Gasteiger partial charge in [-0.05, 0) is 70.4 Å². The van der Waals surface area contributed by atoms with Gasteiger partial charge < -0.3 is 14.4 Å². The third-order valence-electron chi connectivity index (χ3n) is 8.88. The SMILES string of the molecule is CCCCCCCCCCC/C=C\CCCCC(=O)OCC(C(=O)O[C@H]1C[C@H]2CC[C@@H](C1)N2C)c1ccccc1. The van der Waals surface area contributed by atoms with Crippen molar-refractivity contribution in [3.8, 4) is 0 Å². The highest BCUT2D eigenvalue weighted by Crippen LogP contribution is 2.36. The van der Waals surface area contributed by atoms with Crippen molar-refractivity contribution in [1.82, 2.24) is 4.90 Å². The Morgan fingerprint density at radius 3 is 2.05 bits per heavy atom. The average molecular weight is 554 g/mol. The molecule has 2 aliphatic heterocycles. The van der Waals surface area contributed by atoms with Gasteiger partial charge in [0, 0.05) is 18.5 Å². The fourth-order valence-corrected chi connectivity index (χ4v) is 6.28. The van der Waals surface area contributed by atoms with Crippen molar-refractivity contribution in [1.29, 1.82) is 0 Å². The number of hydrogen-bond acceptors (Lipinski definition) is 5. The van der Waals surface area contributed by atoms with Crippen molar-refractivity contribution in [2.75, 3.05) is 13.7 Å². The monoisotopic (exact) mass is 553 g/mol. The molecule has 40 heavy (non-hydrogen) atoms. The molecule has 4 atom stereocenters. The van der Waals surface area contributed by atoms with Crippen LogP contribution in [0.4, 0.5) is 0 Å². The molecule has 224 valence electrons. The second-order valence-corrected chi connectivity index (χ2v) is 12.1. The number of fused-ring (bicyclic) bond motifs is 2. The number of piperidine rings is 1. The van der Waals surface area contributed by atoms with Crippen molar-refractivity contribution < 1.29 is 19.1 Å². The maximum Gasteiger partial charge on any atom is 0.317 e. The van der Waals surface area contributed by atoms with Crippen molar-refractivity contribution in [3.05, 3.63) is 48.0 Å². The lowest BCUT2D eigenvalue weighted by molar-refractivity contribution is -0.158. The summed E-state index contributed by atoms with van der Waals surface area (Å²) in [6.07, 6.45) is 25.3. The summed E-state index contributed by atoms with van der Waals surface area (Å²) in [5.74, 6) is -1.08. The van der Waals surface area contributed by atoms with E-state index in [2.05, 4.69) is 31.0 Å². The van der Waals surface area contributed by atoms with Gasteiger partial charge in [-0.2, -0.15) is 0 Å². The van der Waals surface area contributed by atoms with Crippen LogP contribution in [0.25, 0.3) is 0 Å². The summed E-state index contributed by atoms with van der Waals surface area (Å²) in [4.78, 5) is 28.1. The van der Waals surface area contributed by atoms with Gasteiger partial charge in [0.25, 0.3) is 0 Å². The quantitative estimate of drug-likeness (QED) is 0.0920. The molecule has 1 unspecified atom stereocenters. The normalized spacial score (nSPS) is 21.5. The zero-order chi connectivity index (χ0) is 28.4. The van der Waals surface area contributed by atoms with Crippen LogP contribution in [0.5, 0.6) is 0 Å². The van der Waals surface area contributed by atoms with Crippen molar-refractivity contribution in [2.24, 2.45) is 0 Å². The van der Waals surface area contributed by atoms with Gasteiger partial charge in [-0.1, -0.05) is 101 Å². The number of unbranched alkanes of at least 4 members (excludes halogenated alkanes) is 11. The second-order valence-electron chi connectivity index (χ2n) is 12.1. The van der Waals surface area contributed by atoms with Crippen LogP contribution in [0, 0.1) is 0 Å². The first-order valence-electron chi connectivity index (χ1n) is 16.4. The summed E-state index contributed by atoms with van der Waals surface area (Å²) in [5, 5.41) is 0. The van der Waals surface area contributed by atoms with Gasteiger partial charge in [0.2, 0.25) is 0 Å². The number of rotatable bonds is 20. The maximum absolute atomic E-state index is 13.2. The number of ether oxygens (including phenoxy) is 2. The van der Waals surface area contributed by atoms with Crippen LogP contribution >= 0.6 is 0 Å². The lowest BCUT2D eigenvalue weighted by atomic mass is 9.98. The predicted octanol–water partition coefficient (Wildman–Crippen LogP) is 8.52. The van der Waals surface area contributed by atoms with Crippen molar-refractivity contribution in [2.45, 2.75) is 147 Å². The van der Waals surface area contributed by atoms with E-state index in [4.69, 9.17) is 9.47 Å². The lowest BCUT2D eigenvalue weighted by Gasteiger charge is -2.36. The van der Waals surface area contributed by atoms with Gasteiger partial charge in [0.15, 0.2) is 0 Å². The van der Waals surface area contributed by atoms with E-state index in [1.165, 1.54) is 70.6 Å². The molecular formula is C35H55NO4. The number of esters is 2. The van der Waals surface area contributed by atoms with Gasteiger partial charge in [-0.3, -0.25) is 9.59 Å². The first-order valence-corrected chi connectivity index (χ1v) is 16.4. The van der Waals surface area contributed by atoms with Crippen LogP contribution in [0.1, 0.15) is 134 Å². The Labute approximate surface area is 244 Å². The average Bonchev–Trinajstić information content (AvgIpc) is 3.15. The molecule has 5 nitrogen and oxygen atoms in total. The van der Waals surface area contributed by atoms with Crippen LogP contribution in [-0.4, -0.2) is 48.7 Å². The van der Waals surface area contributed by atoms with E-state index in [1.54, 1.807) is 0 Å². The molecule has 0 N–H and O–H groups in total. The van der Waals surface area contributed by atoms with Gasteiger partial charge in [0.05, 0.1) is 0 Å². The lowest BCUT2D eigenvalue weighted by Crippen LogP contribution is -2.44. The van der Waals surface area contributed by atoms with Crippen LogP contribution in [0.2, 0.25) is 0 Å². The third kappa shape index (κ3) is 11.8. The number of nitrogens with zero attached hydrogens (tertiary/aromatic N) is 1. The molecule has 0 radical (unpaired) electrons. The van der Waals surface area contributed by atoms with Crippen LogP contribution < -0.4 is 0 Å². The van der Waals surface area contributed by atoms with Gasteiger partial charge in [-0.25, -0.2) is 0 Å². The number of benzene rings is 1. The summed E-state index contributed by atoms with van der Waals surface area (Å²) >= 11 is 0. The van der Waals surface area contributed by atoms with Gasteiger partial charge in [0.1, 0.15) is 18.6 Å². The molecule has 0 aliphatic carbocycles. The second kappa shape index (κ2) is 19.1. The predicted molar refractivity (Wildman–Crippen MR) is 163 cm³/mol. The topological polar surface area (TPSA) is 55.8 Å². The van der Waals surface area contributed by atoms with Crippen LogP contribution in [0.15, 0.2) is 42.5 Å². The Balaban J connectivity index is 1.27. The molecule has 0 amide bonds. The van der Waals surface area contributed by atoms with Crippen molar-refractivity contribution >= 4 is 11.9 Å². The Hall–Kier alpha value is -2.14. The number of hydrogen-bond donors (Lipinski definition) is 0. The summed E-state index contributed by atoms with van der Waals surface area (Å²) < 4.78 is 11.6. The molecule has 1 aromatic carbocycles. The first-order chi connectivity index (χ1) is 19.6. The summed E-state index contributed by atoms with van der Waals surface area (Å²) in [6, 6.07) is 10.6. The molecule has 0 saturated carbocycles. The van der Waals surface area contributed by atoms with E-state index in [1.807, 2.05) is 30.3 Å². The molecule has 1 aromatic rings. The largest absolute Gasteiger partial charge is 0.464 e. The maximum atomic E-state index is 13.2. The fraction of sp³-hybridized carbons (Fsp3) is 0.714. The van der Waals surface area contributed by atoms with E-state index in [0.717, 1.165) is 44.1 Å². The summed E-state index contributed by atoms with van der Waals surface area (Å²) in [5.41, 5.74) is 0.841. The first kappa shape index (κ1) is 32.4. The molecule has 0 aromatic heterocycles. The standard InChI is InChI=1S/C35H55NO4/c1-3-4-5-6-7-8-9-10-11-12-13-14-15-16-20-23-34(37)39-28-33(29-21-18-17-19-22-29)35(38)40-32-26-30-24-25-31(27-32)36(30)2/h13-14,17-19,21-22,30-33H,3-12,15-16,20,23-28H2,1-2H3/b14-13-/t30-,31+,32+,33?. The molecule has 2 heterocycles. The van der Waals surface area contributed by atoms with E-state index in [9.17, 15) is 9.59 Å². The van der Waals surface area contributed by atoms with E-state index >= 15 is 0 Å². The highest BCUT2D eigenvalue weighted by atomic mass is 16.6. The minimum atomic E-state index is -0.577. The van der Waals surface area contributed by atoms with E-state index in [0.29, 0.717) is 18.5 Å². The highest BCUT2D eigenvalue weighted by Gasteiger charge is 2.40. The highest BCUT2D eigenvalue weighted by molar-refractivity contribution is 5.79. The molecule has 2 saturated heterocycles. The Morgan fingerprint density at radius 1 is 0.850 bits per heavy atom. The number of allylic oxidation sites excluding steroid dienone is 2. The Morgan fingerprint density at radius 2 is 1.43 bits per heavy atom. The number of carbonyl (C=O) groups excluding carboxylic acids is 2. The van der Waals surface area contributed by atoms with Gasteiger partial charge >= 0.3 is 11.9 Å². The van der Waals surface area contributed by atoms with Crippen LogP contribution in [-0.2, 0) is 19.1 Å². The summed E-state index contributed by atoms with van der Waals surface area (Å²) in [6.45, 7) is 2.31. The molecule has 3 rings (SSSR count). The third-order valence-corrected chi connectivity index (χ3v) is 8.88. The zero-order valence-electron chi connectivity index (χ0n) is 25.4.